The number of fused-ring (bicyclic) bond motifs is 1. The second-order valence-corrected chi connectivity index (χ2v) is 5.72. The minimum Gasteiger partial charge on any atom is -0.330 e. The van der Waals surface area contributed by atoms with Crippen molar-refractivity contribution in [2.24, 2.45) is 5.73 Å². The van der Waals surface area contributed by atoms with Crippen molar-refractivity contribution < 1.29 is 19.2 Å². The van der Waals surface area contributed by atoms with Gasteiger partial charge in [0.25, 0.3) is 11.8 Å². The Balaban J connectivity index is 0.00000208. The van der Waals surface area contributed by atoms with Crippen molar-refractivity contribution in [3.8, 4) is 0 Å². The van der Waals surface area contributed by atoms with Crippen LogP contribution in [-0.2, 0) is 16.0 Å². The van der Waals surface area contributed by atoms with Gasteiger partial charge in [0.2, 0.25) is 11.8 Å². The average Bonchev–Trinajstić information content (AvgIpc) is 2.77. The van der Waals surface area contributed by atoms with Crippen molar-refractivity contribution in [1.29, 1.82) is 0 Å². The van der Waals surface area contributed by atoms with Crippen LogP contribution in [0, 0.1) is 0 Å². The van der Waals surface area contributed by atoms with Gasteiger partial charge in [-0.15, -0.1) is 12.4 Å². The van der Waals surface area contributed by atoms with Gasteiger partial charge in [-0.3, -0.25) is 29.4 Å². The normalized spacial score (nSPS) is 19.9. The van der Waals surface area contributed by atoms with Gasteiger partial charge < -0.3 is 5.73 Å². The van der Waals surface area contributed by atoms with Crippen LogP contribution in [0.1, 0.15) is 45.5 Å². The third-order valence-corrected chi connectivity index (χ3v) is 4.17. The summed E-state index contributed by atoms with van der Waals surface area (Å²) in [6.07, 6.45) is 1.79. The van der Waals surface area contributed by atoms with E-state index in [4.69, 9.17) is 5.73 Å². The van der Waals surface area contributed by atoms with E-state index in [1.165, 1.54) is 0 Å². The first-order valence-corrected chi connectivity index (χ1v) is 7.57. The zero-order valence-electron chi connectivity index (χ0n) is 12.9. The van der Waals surface area contributed by atoms with E-state index in [2.05, 4.69) is 5.32 Å². The first-order chi connectivity index (χ1) is 11.0. The lowest BCUT2D eigenvalue weighted by Gasteiger charge is -2.27. The Labute approximate surface area is 145 Å². The van der Waals surface area contributed by atoms with E-state index in [1.807, 2.05) is 0 Å². The first kappa shape index (κ1) is 18.1. The highest BCUT2D eigenvalue weighted by molar-refractivity contribution is 6.23. The Morgan fingerprint density at radius 2 is 1.83 bits per heavy atom. The van der Waals surface area contributed by atoms with Crippen molar-refractivity contribution in [2.75, 3.05) is 6.54 Å². The standard InChI is InChI=1S/C16H17N3O4.ClH/c17-7-1-2-9-3-4-10-11(8-9)16(23)19(15(10)22)12-5-6-13(20)18-14(12)21;/h3-4,8,12H,1-2,5-7,17H2,(H,18,20,21);1H. The number of carbonyl (C=O) groups excluding carboxylic acids is 4. The van der Waals surface area contributed by atoms with Crippen LogP contribution in [0.25, 0.3) is 0 Å². The summed E-state index contributed by atoms with van der Waals surface area (Å²) < 4.78 is 0. The van der Waals surface area contributed by atoms with Crippen LogP contribution >= 0.6 is 12.4 Å². The van der Waals surface area contributed by atoms with Crippen LogP contribution in [0.5, 0.6) is 0 Å². The summed E-state index contributed by atoms with van der Waals surface area (Å²) in [6.45, 7) is 0.548. The number of nitrogens with one attached hydrogen (secondary N) is 1. The smallest absolute Gasteiger partial charge is 0.262 e. The van der Waals surface area contributed by atoms with Gasteiger partial charge in [0, 0.05) is 6.42 Å². The molecule has 1 saturated heterocycles. The molecule has 7 nitrogen and oxygen atoms in total. The molecule has 2 aliphatic heterocycles. The van der Waals surface area contributed by atoms with Crippen molar-refractivity contribution in [1.82, 2.24) is 10.2 Å². The molecule has 3 N–H and O–H groups in total. The third-order valence-electron chi connectivity index (χ3n) is 4.17. The number of hydrogen-bond donors (Lipinski definition) is 2. The minimum absolute atomic E-state index is 0. The van der Waals surface area contributed by atoms with Gasteiger partial charge in [-0.25, -0.2) is 0 Å². The average molecular weight is 352 g/mol. The zero-order valence-corrected chi connectivity index (χ0v) is 13.7. The molecule has 2 aliphatic rings. The number of rotatable bonds is 4. The number of benzene rings is 1. The van der Waals surface area contributed by atoms with E-state index < -0.39 is 23.8 Å². The van der Waals surface area contributed by atoms with Gasteiger partial charge in [-0.05, 0) is 43.5 Å². The second-order valence-electron chi connectivity index (χ2n) is 5.72. The van der Waals surface area contributed by atoms with Crippen molar-refractivity contribution in [3.05, 3.63) is 34.9 Å². The van der Waals surface area contributed by atoms with Crippen LogP contribution in [0.2, 0.25) is 0 Å². The van der Waals surface area contributed by atoms with E-state index in [1.54, 1.807) is 18.2 Å². The fraction of sp³-hybridized carbons (Fsp3) is 0.375. The molecule has 0 bridgehead atoms. The van der Waals surface area contributed by atoms with Gasteiger partial charge in [-0.2, -0.15) is 0 Å². The van der Waals surface area contributed by atoms with Gasteiger partial charge in [-0.1, -0.05) is 6.07 Å². The number of hydrogen-bond acceptors (Lipinski definition) is 5. The molecule has 1 unspecified atom stereocenters. The lowest BCUT2D eigenvalue weighted by Crippen LogP contribution is -2.54. The highest BCUT2D eigenvalue weighted by Gasteiger charge is 2.44. The largest absolute Gasteiger partial charge is 0.330 e. The molecule has 24 heavy (non-hydrogen) atoms. The number of amides is 4. The molecule has 4 amide bonds. The molecule has 1 aromatic rings. The molecule has 1 atom stereocenters. The van der Waals surface area contributed by atoms with Gasteiger partial charge in [0.1, 0.15) is 6.04 Å². The maximum Gasteiger partial charge on any atom is 0.262 e. The maximum atomic E-state index is 12.6. The lowest BCUT2D eigenvalue weighted by atomic mass is 10.0. The second kappa shape index (κ2) is 7.11. The number of nitrogens with zero attached hydrogens (tertiary/aromatic N) is 1. The Kier molecular flexibility index (Phi) is 5.36. The Morgan fingerprint density at radius 3 is 2.50 bits per heavy atom. The van der Waals surface area contributed by atoms with Crippen LogP contribution < -0.4 is 11.1 Å². The molecule has 0 spiro atoms. The Morgan fingerprint density at radius 1 is 1.12 bits per heavy atom. The minimum atomic E-state index is -0.924. The molecular formula is C16H18ClN3O4. The fourth-order valence-corrected chi connectivity index (χ4v) is 2.98. The van der Waals surface area contributed by atoms with Crippen molar-refractivity contribution in [2.45, 2.75) is 31.7 Å². The highest BCUT2D eigenvalue weighted by Crippen LogP contribution is 2.28. The van der Waals surface area contributed by atoms with Crippen LogP contribution in [0.4, 0.5) is 0 Å². The molecular weight excluding hydrogens is 334 g/mol. The monoisotopic (exact) mass is 351 g/mol. The summed E-state index contributed by atoms with van der Waals surface area (Å²) in [7, 11) is 0. The SMILES string of the molecule is Cl.NCCCc1ccc2c(c1)C(=O)N(C1CCC(=O)NC1=O)C2=O. The summed E-state index contributed by atoms with van der Waals surface area (Å²) >= 11 is 0. The molecule has 0 saturated carbocycles. The summed E-state index contributed by atoms with van der Waals surface area (Å²) in [5.74, 6) is -1.94. The van der Waals surface area contributed by atoms with E-state index >= 15 is 0 Å². The van der Waals surface area contributed by atoms with Gasteiger partial charge in [0.15, 0.2) is 0 Å². The molecule has 8 heteroatoms. The quantitative estimate of drug-likeness (QED) is 0.763. The number of imide groups is 2. The fourth-order valence-electron chi connectivity index (χ4n) is 2.98. The Bertz CT molecular complexity index is 719. The number of carbonyl (C=O) groups is 4. The number of piperidine rings is 1. The summed E-state index contributed by atoms with van der Waals surface area (Å²) in [5, 5.41) is 2.18. The number of nitrogens with two attached hydrogens (primary N) is 1. The molecule has 0 aromatic heterocycles. The predicted octanol–water partition coefficient (Wildman–Crippen LogP) is 0.401. The maximum absolute atomic E-state index is 12.6. The summed E-state index contributed by atoms with van der Waals surface area (Å²) in [4.78, 5) is 49.2. The molecule has 2 heterocycles. The van der Waals surface area contributed by atoms with Crippen molar-refractivity contribution in [3.63, 3.8) is 0 Å². The van der Waals surface area contributed by atoms with Crippen LogP contribution in [0.15, 0.2) is 18.2 Å². The summed E-state index contributed by atoms with van der Waals surface area (Å²) in [6, 6.07) is 4.19. The van der Waals surface area contributed by atoms with E-state index in [-0.39, 0.29) is 31.2 Å². The van der Waals surface area contributed by atoms with E-state index in [0.29, 0.717) is 17.7 Å². The molecule has 0 radical (unpaired) electrons. The molecule has 3 rings (SSSR count). The topological polar surface area (TPSA) is 110 Å². The molecule has 1 aromatic carbocycles. The Hall–Kier alpha value is -2.25. The van der Waals surface area contributed by atoms with E-state index in [0.717, 1.165) is 23.3 Å². The zero-order chi connectivity index (χ0) is 16.6. The molecule has 128 valence electrons. The molecule has 0 aliphatic carbocycles. The number of halogens is 1. The predicted molar refractivity (Wildman–Crippen MR) is 87.7 cm³/mol. The number of aryl methyl sites for hydroxylation is 1. The lowest BCUT2D eigenvalue weighted by molar-refractivity contribution is -0.136. The summed E-state index contributed by atoms with van der Waals surface area (Å²) in [5.41, 5.74) is 7.03. The van der Waals surface area contributed by atoms with Gasteiger partial charge >= 0.3 is 0 Å². The molecule has 1 fully saturated rings. The van der Waals surface area contributed by atoms with Crippen LogP contribution in [-0.4, -0.2) is 41.1 Å². The van der Waals surface area contributed by atoms with Crippen molar-refractivity contribution >= 4 is 36.0 Å². The first-order valence-electron chi connectivity index (χ1n) is 7.57. The van der Waals surface area contributed by atoms with Gasteiger partial charge in [0.05, 0.1) is 11.1 Å². The highest BCUT2D eigenvalue weighted by atomic mass is 35.5. The van der Waals surface area contributed by atoms with Crippen LogP contribution in [0.3, 0.4) is 0 Å². The third kappa shape index (κ3) is 3.05. The van der Waals surface area contributed by atoms with E-state index in [9.17, 15) is 19.2 Å².